The number of nitrogens with zero attached hydrogens (tertiary/aromatic N) is 1. The van der Waals surface area contributed by atoms with Crippen LogP contribution in [0.15, 0.2) is 9.79 Å². The second kappa shape index (κ2) is 15.6. The van der Waals surface area contributed by atoms with E-state index in [9.17, 15) is 0 Å². The fraction of sp³-hybridized carbons (Fsp3) is 0.769. The van der Waals surface area contributed by atoms with Gasteiger partial charge in [0.1, 0.15) is 0 Å². The molecule has 0 N–H and O–H groups in total. The molecule has 29 heavy (non-hydrogen) atoms. The summed E-state index contributed by atoms with van der Waals surface area (Å²) >= 11 is 8.84. The predicted octanol–water partition coefficient (Wildman–Crippen LogP) is 8.50. The van der Waals surface area contributed by atoms with E-state index >= 15 is 0 Å². The summed E-state index contributed by atoms with van der Waals surface area (Å²) in [7, 11) is 0. The van der Waals surface area contributed by atoms with Crippen molar-refractivity contribution in [3.63, 3.8) is 0 Å². The Morgan fingerprint density at radius 2 is 0.724 bits per heavy atom. The standard InChI is InChI=1S/C16H36N.C10H14S2/c1-5-9-13-17(14-10-6-2,15-11-7-3)16-12-8-4;1-5-6(2)8(4)10(12)9(11)7(5)3/h5-16H2,1-4H3;11-12H,1-4H3/q+1;. The first-order chi connectivity index (χ1) is 13.7. The van der Waals surface area contributed by atoms with Gasteiger partial charge in [-0.25, -0.2) is 0 Å². The van der Waals surface area contributed by atoms with Crippen LogP contribution in [0.5, 0.6) is 0 Å². The molecular formula is C26H50NS2+. The Labute approximate surface area is 194 Å². The lowest BCUT2D eigenvalue weighted by Crippen LogP contribution is -2.50. The zero-order valence-electron chi connectivity index (χ0n) is 20.8. The molecule has 1 aromatic rings. The molecule has 1 rings (SSSR count). The van der Waals surface area contributed by atoms with E-state index in [4.69, 9.17) is 0 Å². The van der Waals surface area contributed by atoms with Gasteiger partial charge in [-0.1, -0.05) is 53.4 Å². The van der Waals surface area contributed by atoms with Crippen molar-refractivity contribution in [1.29, 1.82) is 0 Å². The molecule has 0 saturated heterocycles. The third kappa shape index (κ3) is 9.70. The third-order valence-electron chi connectivity index (χ3n) is 6.57. The summed E-state index contributed by atoms with van der Waals surface area (Å²) in [5.74, 6) is 0. The lowest BCUT2D eigenvalue weighted by Gasteiger charge is -2.39. The molecule has 0 bridgehead atoms. The maximum absolute atomic E-state index is 4.42. The number of unbranched alkanes of at least 4 members (excludes halogenated alkanes) is 4. The topological polar surface area (TPSA) is 0 Å². The Balaban J connectivity index is 0.000000571. The highest BCUT2D eigenvalue weighted by atomic mass is 32.1. The van der Waals surface area contributed by atoms with E-state index in [0.29, 0.717) is 0 Å². The van der Waals surface area contributed by atoms with Crippen LogP contribution in [-0.4, -0.2) is 30.7 Å². The molecule has 0 aliphatic heterocycles. The van der Waals surface area contributed by atoms with E-state index in [1.165, 1.54) is 104 Å². The van der Waals surface area contributed by atoms with E-state index in [-0.39, 0.29) is 0 Å². The zero-order chi connectivity index (χ0) is 22.4. The molecule has 3 heteroatoms. The van der Waals surface area contributed by atoms with Crippen LogP contribution in [0.3, 0.4) is 0 Å². The SMILES string of the molecule is CCCC[N+](CCCC)(CCCC)CCCC.Cc1c(C)c(C)c(S)c(S)c1C. The van der Waals surface area contributed by atoms with Gasteiger partial charge in [0.15, 0.2) is 0 Å². The first-order valence-electron chi connectivity index (χ1n) is 12.0. The number of hydrogen-bond donors (Lipinski definition) is 2. The lowest BCUT2D eigenvalue weighted by atomic mass is 9.99. The van der Waals surface area contributed by atoms with Crippen LogP contribution in [0.1, 0.15) is 101 Å². The average Bonchev–Trinajstić information content (AvgIpc) is 2.74. The van der Waals surface area contributed by atoms with Crippen molar-refractivity contribution in [2.24, 2.45) is 0 Å². The highest BCUT2D eigenvalue weighted by Gasteiger charge is 2.24. The van der Waals surface area contributed by atoms with Gasteiger partial charge >= 0.3 is 0 Å². The molecule has 0 unspecified atom stereocenters. The van der Waals surface area contributed by atoms with Gasteiger partial charge in [0.05, 0.1) is 26.2 Å². The summed E-state index contributed by atoms with van der Waals surface area (Å²) in [6.45, 7) is 23.5. The normalized spacial score (nSPS) is 11.4. The molecule has 0 amide bonds. The summed E-state index contributed by atoms with van der Waals surface area (Å²) in [6.07, 6.45) is 11.1. The van der Waals surface area contributed by atoms with E-state index in [2.05, 4.69) is 80.6 Å². The van der Waals surface area contributed by atoms with E-state index in [1.54, 1.807) is 0 Å². The zero-order valence-corrected chi connectivity index (χ0v) is 22.6. The van der Waals surface area contributed by atoms with Crippen LogP contribution < -0.4 is 0 Å². The molecule has 0 spiro atoms. The second-order valence-corrected chi connectivity index (χ2v) is 9.74. The van der Waals surface area contributed by atoms with Gasteiger partial charge < -0.3 is 4.48 Å². The van der Waals surface area contributed by atoms with Gasteiger partial charge in [0.25, 0.3) is 0 Å². The number of hydrogen-bond acceptors (Lipinski definition) is 2. The quantitative estimate of drug-likeness (QED) is 0.236. The second-order valence-electron chi connectivity index (χ2n) is 8.85. The van der Waals surface area contributed by atoms with Gasteiger partial charge in [0.2, 0.25) is 0 Å². The molecule has 170 valence electrons. The molecular weight excluding hydrogens is 390 g/mol. The highest BCUT2D eigenvalue weighted by Crippen LogP contribution is 2.31. The molecule has 0 aliphatic rings. The minimum atomic E-state index is 1.01. The minimum Gasteiger partial charge on any atom is -0.324 e. The summed E-state index contributed by atoms with van der Waals surface area (Å²) in [6, 6.07) is 0. The maximum atomic E-state index is 4.42. The Morgan fingerprint density at radius 3 is 0.931 bits per heavy atom. The predicted molar refractivity (Wildman–Crippen MR) is 139 cm³/mol. The van der Waals surface area contributed by atoms with Gasteiger partial charge in [0, 0.05) is 9.79 Å². The molecule has 0 aromatic heterocycles. The Kier molecular flexibility index (Phi) is 15.6. The van der Waals surface area contributed by atoms with Gasteiger partial charge in [-0.3, -0.25) is 0 Å². The summed E-state index contributed by atoms with van der Waals surface area (Å²) in [5.41, 5.74) is 5.14. The van der Waals surface area contributed by atoms with E-state index < -0.39 is 0 Å². The van der Waals surface area contributed by atoms with Crippen LogP contribution in [0.2, 0.25) is 0 Å². The number of quaternary nitrogens is 1. The van der Waals surface area contributed by atoms with Crippen LogP contribution >= 0.6 is 25.3 Å². The first kappa shape index (κ1) is 28.9. The van der Waals surface area contributed by atoms with Crippen molar-refractivity contribution in [1.82, 2.24) is 0 Å². The lowest BCUT2D eigenvalue weighted by molar-refractivity contribution is -0.929. The molecule has 0 aliphatic carbocycles. The number of benzene rings is 1. The van der Waals surface area contributed by atoms with E-state index in [0.717, 1.165) is 9.79 Å². The molecule has 0 heterocycles. The van der Waals surface area contributed by atoms with Crippen LogP contribution in [0, 0.1) is 27.7 Å². The van der Waals surface area contributed by atoms with Crippen molar-refractivity contribution in [2.45, 2.75) is 117 Å². The van der Waals surface area contributed by atoms with Gasteiger partial charge in [-0.05, 0) is 75.6 Å². The molecule has 1 nitrogen and oxygen atoms in total. The summed E-state index contributed by atoms with van der Waals surface area (Å²) in [5, 5.41) is 0. The van der Waals surface area contributed by atoms with Crippen LogP contribution in [0.4, 0.5) is 0 Å². The third-order valence-corrected chi connectivity index (χ3v) is 7.86. The fourth-order valence-corrected chi connectivity index (χ4v) is 4.59. The van der Waals surface area contributed by atoms with Gasteiger partial charge in [-0.15, -0.1) is 25.3 Å². The number of rotatable bonds is 12. The Hall–Kier alpha value is -0.120. The molecule has 0 radical (unpaired) electrons. The van der Waals surface area contributed by atoms with Gasteiger partial charge in [-0.2, -0.15) is 0 Å². The molecule has 1 aromatic carbocycles. The summed E-state index contributed by atoms with van der Waals surface area (Å²) < 4.78 is 1.42. The Morgan fingerprint density at radius 1 is 0.483 bits per heavy atom. The first-order valence-corrected chi connectivity index (χ1v) is 12.9. The number of thiol groups is 2. The molecule has 0 saturated carbocycles. The largest absolute Gasteiger partial charge is 0.324 e. The van der Waals surface area contributed by atoms with Crippen molar-refractivity contribution in [2.75, 3.05) is 26.2 Å². The molecule has 0 fully saturated rings. The van der Waals surface area contributed by atoms with Crippen LogP contribution in [-0.2, 0) is 0 Å². The van der Waals surface area contributed by atoms with Crippen molar-refractivity contribution >= 4 is 25.3 Å². The minimum absolute atomic E-state index is 1.01. The van der Waals surface area contributed by atoms with Crippen molar-refractivity contribution in [3.8, 4) is 0 Å². The Bertz CT molecular complexity index is 438. The maximum Gasteiger partial charge on any atom is 0.0786 e. The van der Waals surface area contributed by atoms with Crippen molar-refractivity contribution < 1.29 is 4.48 Å². The van der Waals surface area contributed by atoms with Crippen molar-refractivity contribution in [3.05, 3.63) is 22.3 Å². The van der Waals surface area contributed by atoms with Crippen LogP contribution in [0.25, 0.3) is 0 Å². The fourth-order valence-electron chi connectivity index (χ4n) is 3.92. The molecule has 0 atom stereocenters. The van der Waals surface area contributed by atoms with E-state index in [1.807, 2.05) is 0 Å². The highest BCUT2D eigenvalue weighted by molar-refractivity contribution is 7.83. The smallest absolute Gasteiger partial charge is 0.0786 e. The monoisotopic (exact) mass is 440 g/mol. The summed E-state index contributed by atoms with van der Waals surface area (Å²) in [4.78, 5) is 2.03. The average molecular weight is 441 g/mol.